The standard InChI is InChI=1S/C14H23NO5/c1-5-8-9-10-15(11(4)16)12(13(17)19-6-2)14(18)20-7-3/h5,12H,1,6-10H2,2-4H3. The van der Waals surface area contributed by atoms with Crippen LogP contribution in [0.15, 0.2) is 12.7 Å². The van der Waals surface area contributed by atoms with Gasteiger partial charge in [-0.3, -0.25) is 4.79 Å². The molecule has 0 saturated carbocycles. The first-order chi connectivity index (χ1) is 9.49. The summed E-state index contributed by atoms with van der Waals surface area (Å²) in [7, 11) is 0. The number of hydrogen-bond donors (Lipinski definition) is 0. The van der Waals surface area contributed by atoms with Crippen LogP contribution in [-0.2, 0) is 23.9 Å². The molecule has 0 aromatic heterocycles. The largest absolute Gasteiger partial charge is 0.464 e. The summed E-state index contributed by atoms with van der Waals surface area (Å²) in [5.41, 5.74) is 0. The summed E-state index contributed by atoms with van der Waals surface area (Å²) in [6.07, 6.45) is 3.00. The molecule has 0 saturated heterocycles. The lowest BCUT2D eigenvalue weighted by Gasteiger charge is -2.27. The molecule has 0 N–H and O–H groups in total. The van der Waals surface area contributed by atoms with E-state index in [1.807, 2.05) is 0 Å². The SMILES string of the molecule is C=CCCCN(C(C)=O)C(C(=O)OCC)C(=O)OCC. The molecule has 6 heteroatoms. The normalized spacial score (nSPS) is 10.0. The molecule has 6 nitrogen and oxygen atoms in total. The van der Waals surface area contributed by atoms with Gasteiger partial charge in [-0.05, 0) is 26.7 Å². The zero-order valence-electron chi connectivity index (χ0n) is 12.4. The zero-order chi connectivity index (χ0) is 15.5. The highest BCUT2D eigenvalue weighted by Crippen LogP contribution is 2.08. The first-order valence-electron chi connectivity index (χ1n) is 6.70. The molecule has 0 unspecified atom stereocenters. The molecule has 0 radical (unpaired) electrons. The lowest BCUT2D eigenvalue weighted by Crippen LogP contribution is -2.51. The van der Waals surface area contributed by atoms with Gasteiger partial charge in [0.2, 0.25) is 11.9 Å². The maximum Gasteiger partial charge on any atom is 0.340 e. The van der Waals surface area contributed by atoms with Crippen molar-refractivity contribution in [2.24, 2.45) is 0 Å². The topological polar surface area (TPSA) is 72.9 Å². The van der Waals surface area contributed by atoms with E-state index in [2.05, 4.69) is 6.58 Å². The molecule has 0 aliphatic heterocycles. The number of esters is 2. The number of carbonyl (C=O) groups excluding carboxylic acids is 3. The summed E-state index contributed by atoms with van der Waals surface area (Å²) in [6, 6.07) is -1.34. The Bertz CT molecular complexity index is 335. The van der Waals surface area contributed by atoms with Crippen molar-refractivity contribution in [3.63, 3.8) is 0 Å². The molecule has 0 fully saturated rings. The fourth-order valence-electron chi connectivity index (χ4n) is 1.67. The number of hydrogen-bond acceptors (Lipinski definition) is 5. The molecule has 0 aliphatic carbocycles. The Morgan fingerprint density at radius 1 is 1.15 bits per heavy atom. The van der Waals surface area contributed by atoms with Crippen LogP contribution in [0.5, 0.6) is 0 Å². The number of ether oxygens (including phenoxy) is 2. The lowest BCUT2D eigenvalue weighted by atomic mass is 10.2. The number of unbranched alkanes of at least 4 members (excludes halogenated alkanes) is 1. The van der Waals surface area contributed by atoms with Crippen molar-refractivity contribution in [3.05, 3.63) is 12.7 Å². The van der Waals surface area contributed by atoms with Gasteiger partial charge in [0.05, 0.1) is 13.2 Å². The van der Waals surface area contributed by atoms with E-state index in [0.717, 1.165) is 0 Å². The van der Waals surface area contributed by atoms with Gasteiger partial charge < -0.3 is 14.4 Å². The Hall–Kier alpha value is -1.85. The molecule has 114 valence electrons. The molecule has 1 amide bonds. The van der Waals surface area contributed by atoms with Crippen molar-refractivity contribution in [2.75, 3.05) is 19.8 Å². The van der Waals surface area contributed by atoms with Gasteiger partial charge in [-0.1, -0.05) is 6.08 Å². The summed E-state index contributed by atoms with van der Waals surface area (Å²) in [6.45, 7) is 8.70. The van der Waals surface area contributed by atoms with Gasteiger partial charge in [0.1, 0.15) is 0 Å². The van der Waals surface area contributed by atoms with E-state index < -0.39 is 18.0 Å². The number of nitrogens with zero attached hydrogens (tertiary/aromatic N) is 1. The Labute approximate surface area is 119 Å². The quantitative estimate of drug-likeness (QED) is 0.276. The van der Waals surface area contributed by atoms with Crippen molar-refractivity contribution in [3.8, 4) is 0 Å². The van der Waals surface area contributed by atoms with Crippen LogP contribution in [-0.4, -0.2) is 48.5 Å². The van der Waals surface area contributed by atoms with Gasteiger partial charge in [-0.15, -0.1) is 6.58 Å². The van der Waals surface area contributed by atoms with Crippen molar-refractivity contribution in [2.45, 2.75) is 39.7 Å². The van der Waals surface area contributed by atoms with E-state index in [9.17, 15) is 14.4 Å². The molecule has 0 aromatic rings. The third-order valence-electron chi connectivity index (χ3n) is 2.54. The van der Waals surface area contributed by atoms with E-state index >= 15 is 0 Å². The number of allylic oxidation sites excluding steroid dienone is 1. The van der Waals surface area contributed by atoms with Crippen molar-refractivity contribution in [1.82, 2.24) is 4.90 Å². The predicted molar refractivity (Wildman–Crippen MR) is 73.9 cm³/mol. The van der Waals surface area contributed by atoms with Crippen LogP contribution < -0.4 is 0 Å². The van der Waals surface area contributed by atoms with E-state index in [0.29, 0.717) is 12.8 Å². The van der Waals surface area contributed by atoms with Gasteiger partial charge in [0.25, 0.3) is 0 Å². The Morgan fingerprint density at radius 3 is 2.00 bits per heavy atom. The summed E-state index contributed by atoms with van der Waals surface area (Å²) in [5.74, 6) is -1.90. The maximum atomic E-state index is 11.9. The van der Waals surface area contributed by atoms with Gasteiger partial charge in [0.15, 0.2) is 0 Å². The van der Waals surface area contributed by atoms with Gasteiger partial charge >= 0.3 is 11.9 Å². The second-order valence-electron chi connectivity index (χ2n) is 4.05. The average molecular weight is 285 g/mol. The fourth-order valence-corrected chi connectivity index (χ4v) is 1.67. The minimum absolute atomic E-state index is 0.132. The second kappa shape index (κ2) is 10.00. The minimum atomic E-state index is -1.34. The molecule has 0 atom stereocenters. The van der Waals surface area contributed by atoms with Gasteiger partial charge in [-0.25, -0.2) is 9.59 Å². The average Bonchev–Trinajstić information content (AvgIpc) is 2.38. The minimum Gasteiger partial charge on any atom is -0.464 e. The number of amides is 1. The maximum absolute atomic E-state index is 11.9. The van der Waals surface area contributed by atoms with Crippen LogP contribution >= 0.6 is 0 Å². The monoisotopic (exact) mass is 285 g/mol. The summed E-state index contributed by atoms with van der Waals surface area (Å²) < 4.78 is 9.71. The number of rotatable bonds is 9. The summed E-state index contributed by atoms with van der Waals surface area (Å²) >= 11 is 0. The van der Waals surface area contributed by atoms with E-state index in [4.69, 9.17) is 9.47 Å². The van der Waals surface area contributed by atoms with Crippen LogP contribution in [0.25, 0.3) is 0 Å². The molecular formula is C14H23NO5. The lowest BCUT2D eigenvalue weighted by molar-refractivity contribution is -0.167. The summed E-state index contributed by atoms with van der Waals surface area (Å²) in [4.78, 5) is 36.7. The van der Waals surface area contributed by atoms with Crippen LogP contribution in [0.2, 0.25) is 0 Å². The second-order valence-corrected chi connectivity index (χ2v) is 4.05. The van der Waals surface area contributed by atoms with Crippen LogP contribution in [0.1, 0.15) is 33.6 Å². The van der Waals surface area contributed by atoms with E-state index in [1.165, 1.54) is 11.8 Å². The van der Waals surface area contributed by atoms with Gasteiger partial charge in [0, 0.05) is 13.5 Å². The first kappa shape index (κ1) is 18.1. The highest BCUT2D eigenvalue weighted by Gasteiger charge is 2.36. The molecule has 0 bridgehead atoms. The zero-order valence-corrected chi connectivity index (χ0v) is 12.4. The van der Waals surface area contributed by atoms with E-state index in [-0.39, 0.29) is 25.7 Å². The van der Waals surface area contributed by atoms with Crippen molar-refractivity contribution in [1.29, 1.82) is 0 Å². The van der Waals surface area contributed by atoms with Crippen LogP contribution in [0.3, 0.4) is 0 Å². The third-order valence-corrected chi connectivity index (χ3v) is 2.54. The predicted octanol–water partition coefficient (Wildman–Crippen LogP) is 1.30. The summed E-state index contributed by atoms with van der Waals surface area (Å²) in [5, 5.41) is 0. The Morgan fingerprint density at radius 2 is 1.65 bits per heavy atom. The van der Waals surface area contributed by atoms with Gasteiger partial charge in [-0.2, -0.15) is 0 Å². The molecule has 0 heterocycles. The molecule has 0 aliphatic rings. The highest BCUT2D eigenvalue weighted by molar-refractivity contribution is 6.02. The Balaban J connectivity index is 5.08. The smallest absolute Gasteiger partial charge is 0.340 e. The van der Waals surface area contributed by atoms with Crippen LogP contribution in [0, 0.1) is 0 Å². The fraction of sp³-hybridized carbons (Fsp3) is 0.643. The molecule has 0 rings (SSSR count). The third kappa shape index (κ3) is 5.86. The first-order valence-corrected chi connectivity index (χ1v) is 6.70. The Kier molecular flexibility index (Phi) is 9.07. The van der Waals surface area contributed by atoms with Crippen molar-refractivity contribution >= 4 is 17.8 Å². The molecule has 20 heavy (non-hydrogen) atoms. The van der Waals surface area contributed by atoms with Crippen molar-refractivity contribution < 1.29 is 23.9 Å². The highest BCUT2D eigenvalue weighted by atomic mass is 16.6. The molecule has 0 aromatic carbocycles. The van der Waals surface area contributed by atoms with E-state index in [1.54, 1.807) is 19.9 Å². The molecule has 0 spiro atoms. The van der Waals surface area contributed by atoms with Crippen LogP contribution in [0.4, 0.5) is 0 Å². The molecular weight excluding hydrogens is 262 g/mol. The number of carbonyl (C=O) groups is 3.